The Labute approximate surface area is 228 Å². The Morgan fingerprint density at radius 2 is 1.69 bits per heavy atom. The van der Waals surface area contributed by atoms with E-state index in [9.17, 15) is 29.4 Å². The first-order chi connectivity index (χ1) is 18.5. The fraction of sp³-hybridized carbons (Fsp3) is 0.192. The minimum Gasteiger partial charge on any atom is -0.508 e. The van der Waals surface area contributed by atoms with Crippen LogP contribution in [0.5, 0.6) is 17.5 Å². The number of ether oxygens (including phenoxy) is 2. The van der Waals surface area contributed by atoms with E-state index in [4.69, 9.17) is 21.1 Å². The summed E-state index contributed by atoms with van der Waals surface area (Å²) in [6.07, 6.45) is 0. The van der Waals surface area contributed by atoms with Gasteiger partial charge in [-0.2, -0.15) is 4.98 Å². The van der Waals surface area contributed by atoms with Gasteiger partial charge in [-0.1, -0.05) is 23.7 Å². The summed E-state index contributed by atoms with van der Waals surface area (Å²) in [5.41, 5.74) is 2.82. The van der Waals surface area contributed by atoms with Crippen LogP contribution in [0.25, 0.3) is 0 Å². The Hall–Kier alpha value is -4.68. The van der Waals surface area contributed by atoms with Crippen molar-refractivity contribution in [2.24, 2.45) is 0 Å². The van der Waals surface area contributed by atoms with Crippen LogP contribution >= 0.6 is 11.6 Å². The molecule has 0 bridgehead atoms. The number of pyridine rings is 1. The van der Waals surface area contributed by atoms with Crippen molar-refractivity contribution in [3.8, 4) is 17.5 Å². The lowest BCUT2D eigenvalue weighted by Crippen LogP contribution is -2.53. The van der Waals surface area contributed by atoms with Gasteiger partial charge in [0.05, 0.1) is 24.8 Å². The van der Waals surface area contributed by atoms with Gasteiger partial charge < -0.3 is 25.0 Å². The number of hydrogen-bond donors (Lipinski definition) is 4. The highest BCUT2D eigenvalue weighted by molar-refractivity contribution is 6.34. The highest BCUT2D eigenvalue weighted by atomic mass is 35.5. The van der Waals surface area contributed by atoms with Gasteiger partial charge in [0, 0.05) is 18.2 Å². The number of carboxylic acid groups (broad SMARTS) is 1. The number of imide groups is 1. The van der Waals surface area contributed by atoms with E-state index in [1.54, 1.807) is 12.1 Å². The van der Waals surface area contributed by atoms with Crippen molar-refractivity contribution in [2.75, 3.05) is 14.2 Å². The number of aromatic nitrogens is 1. The molecule has 0 spiro atoms. The molecule has 13 heteroatoms. The van der Waals surface area contributed by atoms with Crippen LogP contribution in [0.4, 0.5) is 0 Å². The topological polar surface area (TPSA) is 167 Å². The number of phenolic OH excluding ortho intramolecular Hbond substituents is 1. The number of carbonyl (C=O) groups excluding carboxylic acids is 3. The maximum Gasteiger partial charge on any atom is 0.322 e. The largest absolute Gasteiger partial charge is 0.508 e. The van der Waals surface area contributed by atoms with Crippen molar-refractivity contribution in [1.82, 2.24) is 20.7 Å². The second-order valence-electron chi connectivity index (χ2n) is 8.09. The van der Waals surface area contributed by atoms with Crippen molar-refractivity contribution in [1.29, 1.82) is 0 Å². The molecular formula is C26H25ClN4O8. The zero-order valence-electron chi connectivity index (χ0n) is 21.1. The number of rotatable bonds is 10. The lowest BCUT2D eigenvalue weighted by Gasteiger charge is -2.25. The van der Waals surface area contributed by atoms with Gasteiger partial charge in [-0.25, -0.2) is 10.4 Å². The number of carbonyl (C=O) groups is 4. The molecule has 0 unspecified atom stereocenters. The molecular weight excluding hydrogens is 532 g/mol. The third kappa shape index (κ3) is 7.00. The summed E-state index contributed by atoms with van der Waals surface area (Å²) in [5.74, 6) is -3.74. The fourth-order valence-electron chi connectivity index (χ4n) is 3.34. The van der Waals surface area contributed by atoms with E-state index < -0.39 is 29.7 Å². The second-order valence-corrected chi connectivity index (χ2v) is 8.50. The van der Waals surface area contributed by atoms with Crippen molar-refractivity contribution in [3.05, 3.63) is 81.9 Å². The number of benzene rings is 2. The standard InChI is InChI=1S/C26H25ClN4O8/c1-14(26(36)37)30-31(25(35)19-9-10-21(38-2)29-23(19)39-3)24(34)18-8-7-16(12-20(18)27)22(33)28-13-15-5-4-6-17(32)11-15/h4-12,14,30,32H,13H2,1-3H3,(H,28,33)(H,36,37)/t14-/m0/s1. The molecule has 39 heavy (non-hydrogen) atoms. The maximum atomic E-state index is 13.4. The molecule has 1 atom stereocenters. The Balaban J connectivity index is 1.88. The summed E-state index contributed by atoms with van der Waals surface area (Å²) in [4.78, 5) is 54.9. The van der Waals surface area contributed by atoms with E-state index in [-0.39, 0.29) is 45.8 Å². The number of carboxylic acids is 1. The predicted molar refractivity (Wildman–Crippen MR) is 139 cm³/mol. The molecule has 204 valence electrons. The molecule has 0 aliphatic rings. The third-order valence-corrected chi connectivity index (χ3v) is 5.71. The van der Waals surface area contributed by atoms with Crippen molar-refractivity contribution in [3.63, 3.8) is 0 Å². The minimum absolute atomic E-state index is 0.0561. The molecule has 3 amide bonds. The van der Waals surface area contributed by atoms with E-state index in [2.05, 4.69) is 15.7 Å². The smallest absolute Gasteiger partial charge is 0.322 e. The quantitative estimate of drug-likeness (QED) is 0.215. The average Bonchev–Trinajstić information content (AvgIpc) is 2.93. The first-order valence-electron chi connectivity index (χ1n) is 11.4. The van der Waals surface area contributed by atoms with Crippen LogP contribution in [0.3, 0.4) is 0 Å². The van der Waals surface area contributed by atoms with E-state index in [1.165, 1.54) is 63.6 Å². The van der Waals surface area contributed by atoms with Gasteiger partial charge >= 0.3 is 5.97 Å². The molecule has 0 saturated heterocycles. The van der Waals surface area contributed by atoms with Gasteiger partial charge in [0.1, 0.15) is 17.4 Å². The van der Waals surface area contributed by atoms with Gasteiger partial charge in [-0.05, 0) is 48.9 Å². The summed E-state index contributed by atoms with van der Waals surface area (Å²) < 4.78 is 10.2. The summed E-state index contributed by atoms with van der Waals surface area (Å²) in [6, 6.07) is 11.5. The van der Waals surface area contributed by atoms with E-state index in [0.29, 0.717) is 10.6 Å². The molecule has 0 saturated carbocycles. The van der Waals surface area contributed by atoms with Crippen LogP contribution < -0.4 is 20.2 Å². The maximum absolute atomic E-state index is 13.4. The number of nitrogens with one attached hydrogen (secondary N) is 2. The number of hydrazine groups is 1. The van der Waals surface area contributed by atoms with Crippen molar-refractivity contribution >= 4 is 35.3 Å². The number of hydrogen-bond acceptors (Lipinski definition) is 9. The van der Waals surface area contributed by atoms with Crippen LogP contribution in [0.2, 0.25) is 5.02 Å². The predicted octanol–water partition coefficient (Wildman–Crippen LogP) is 2.65. The summed E-state index contributed by atoms with van der Waals surface area (Å²) >= 11 is 6.33. The molecule has 0 aliphatic carbocycles. The van der Waals surface area contributed by atoms with Gasteiger partial charge in [-0.15, -0.1) is 0 Å². The van der Waals surface area contributed by atoms with Gasteiger partial charge in [0.15, 0.2) is 0 Å². The Bertz CT molecular complexity index is 1410. The first-order valence-corrected chi connectivity index (χ1v) is 11.8. The zero-order chi connectivity index (χ0) is 28.7. The van der Waals surface area contributed by atoms with E-state index in [1.807, 2.05) is 0 Å². The number of nitrogens with zero attached hydrogens (tertiary/aromatic N) is 2. The van der Waals surface area contributed by atoms with Crippen LogP contribution in [0, 0.1) is 0 Å². The Kier molecular flexibility index (Phi) is 9.42. The lowest BCUT2D eigenvalue weighted by atomic mass is 10.1. The molecule has 3 aromatic rings. The highest BCUT2D eigenvalue weighted by Crippen LogP contribution is 2.24. The van der Waals surface area contributed by atoms with Crippen molar-refractivity contribution < 1.29 is 38.9 Å². The fourth-order valence-corrected chi connectivity index (χ4v) is 3.60. The normalized spacial score (nSPS) is 11.3. The minimum atomic E-state index is -1.35. The Morgan fingerprint density at radius 3 is 2.31 bits per heavy atom. The molecule has 0 radical (unpaired) electrons. The summed E-state index contributed by atoms with van der Waals surface area (Å²) in [7, 11) is 2.63. The molecule has 4 N–H and O–H groups in total. The third-order valence-electron chi connectivity index (χ3n) is 5.39. The van der Waals surface area contributed by atoms with E-state index in [0.717, 1.165) is 0 Å². The molecule has 0 fully saturated rings. The highest BCUT2D eigenvalue weighted by Gasteiger charge is 2.31. The average molecular weight is 557 g/mol. The number of aliphatic carboxylic acids is 1. The summed E-state index contributed by atoms with van der Waals surface area (Å²) in [5, 5.41) is 21.9. The molecule has 2 aromatic carbocycles. The van der Waals surface area contributed by atoms with E-state index >= 15 is 0 Å². The number of methoxy groups -OCH3 is 2. The van der Waals surface area contributed by atoms with Gasteiger partial charge in [0.2, 0.25) is 11.8 Å². The number of phenols is 1. The monoisotopic (exact) mass is 556 g/mol. The van der Waals surface area contributed by atoms with Crippen molar-refractivity contribution in [2.45, 2.75) is 19.5 Å². The lowest BCUT2D eigenvalue weighted by molar-refractivity contribution is -0.139. The van der Waals surface area contributed by atoms with Gasteiger partial charge in [0.25, 0.3) is 17.7 Å². The van der Waals surface area contributed by atoms with Crippen LogP contribution in [0.1, 0.15) is 43.6 Å². The number of halogens is 1. The molecule has 12 nitrogen and oxygen atoms in total. The number of aromatic hydroxyl groups is 1. The Morgan fingerprint density at radius 1 is 1.00 bits per heavy atom. The van der Waals surface area contributed by atoms with Crippen LogP contribution in [-0.2, 0) is 11.3 Å². The second kappa shape index (κ2) is 12.7. The van der Waals surface area contributed by atoms with Crippen LogP contribution in [0.15, 0.2) is 54.6 Å². The molecule has 1 aromatic heterocycles. The summed E-state index contributed by atoms with van der Waals surface area (Å²) in [6.45, 7) is 1.36. The number of amides is 3. The van der Waals surface area contributed by atoms with Crippen LogP contribution in [-0.4, -0.2) is 64.2 Å². The SMILES string of the molecule is COc1ccc(C(=O)N(N[C@@H](C)C(=O)O)C(=O)c2ccc(C(=O)NCc3cccc(O)c3)cc2Cl)c(OC)n1. The molecule has 1 heterocycles. The molecule has 0 aliphatic heterocycles. The van der Waals surface area contributed by atoms with Gasteiger partial charge in [-0.3, -0.25) is 19.2 Å². The molecule has 3 rings (SSSR count). The zero-order valence-corrected chi connectivity index (χ0v) is 21.9. The first kappa shape index (κ1) is 28.9.